The van der Waals surface area contributed by atoms with Crippen molar-refractivity contribution in [2.75, 3.05) is 5.32 Å². The van der Waals surface area contributed by atoms with Crippen molar-refractivity contribution in [2.45, 2.75) is 20.1 Å². The van der Waals surface area contributed by atoms with Crippen LogP contribution in [-0.2, 0) is 13.2 Å². The molecule has 0 atom stereocenters. The molecular weight excluding hydrogens is 433 g/mol. The van der Waals surface area contributed by atoms with E-state index in [2.05, 4.69) is 5.32 Å². The molecule has 0 heterocycles. The first kappa shape index (κ1) is 21.3. The Morgan fingerprint density at radius 1 is 0.966 bits per heavy atom. The van der Waals surface area contributed by atoms with Gasteiger partial charge in [0.2, 0.25) is 0 Å². The van der Waals surface area contributed by atoms with Crippen LogP contribution in [0, 0.1) is 6.92 Å². The van der Waals surface area contributed by atoms with Gasteiger partial charge in [0.15, 0.2) is 0 Å². The second-order valence-corrected chi connectivity index (χ2v) is 7.74. The van der Waals surface area contributed by atoms with E-state index in [0.717, 1.165) is 22.4 Å². The van der Waals surface area contributed by atoms with Crippen LogP contribution >= 0.6 is 34.8 Å². The predicted octanol–water partition coefficient (Wildman–Crippen LogP) is 6.84. The normalized spacial score (nSPS) is 10.6. The molecule has 0 radical (unpaired) electrons. The summed E-state index contributed by atoms with van der Waals surface area (Å²) in [4.78, 5) is 11.2. The number of ether oxygens (including phenoxy) is 1. The number of rotatable bonds is 7. The third kappa shape index (κ3) is 5.57. The number of halogens is 3. The Hall–Kier alpha value is -2.40. The molecule has 0 aliphatic rings. The third-order valence-corrected chi connectivity index (χ3v) is 5.20. The number of benzene rings is 3. The summed E-state index contributed by atoms with van der Waals surface area (Å²) < 4.78 is 5.96. The van der Waals surface area contributed by atoms with Crippen LogP contribution in [0.1, 0.15) is 27.0 Å². The molecule has 2 N–H and O–H groups in total. The van der Waals surface area contributed by atoms with E-state index in [-0.39, 0.29) is 12.2 Å². The van der Waals surface area contributed by atoms with Crippen molar-refractivity contribution in [2.24, 2.45) is 0 Å². The van der Waals surface area contributed by atoms with Crippen molar-refractivity contribution in [3.63, 3.8) is 0 Å². The first-order chi connectivity index (χ1) is 13.8. The van der Waals surface area contributed by atoms with E-state index in [0.29, 0.717) is 27.4 Å². The Balaban J connectivity index is 1.77. The minimum Gasteiger partial charge on any atom is -0.488 e. The summed E-state index contributed by atoms with van der Waals surface area (Å²) in [7, 11) is 0. The average Bonchev–Trinajstić information content (AvgIpc) is 2.67. The van der Waals surface area contributed by atoms with E-state index in [9.17, 15) is 9.90 Å². The van der Waals surface area contributed by atoms with E-state index in [1.807, 2.05) is 19.1 Å². The molecular formula is C22H18Cl3NO3. The molecule has 0 spiro atoms. The second kappa shape index (κ2) is 9.40. The molecule has 0 amide bonds. The molecule has 0 aromatic heterocycles. The zero-order chi connectivity index (χ0) is 21.0. The van der Waals surface area contributed by atoms with Crippen molar-refractivity contribution in [3.8, 4) is 5.75 Å². The van der Waals surface area contributed by atoms with Crippen molar-refractivity contribution in [1.82, 2.24) is 0 Å². The predicted molar refractivity (Wildman–Crippen MR) is 118 cm³/mol. The minimum atomic E-state index is -0.973. The van der Waals surface area contributed by atoms with E-state index in [1.165, 1.54) is 0 Å². The van der Waals surface area contributed by atoms with E-state index >= 15 is 0 Å². The maximum Gasteiger partial charge on any atom is 0.335 e. The third-order valence-electron chi connectivity index (χ3n) is 4.37. The lowest BCUT2D eigenvalue weighted by Gasteiger charge is -2.15. The van der Waals surface area contributed by atoms with Gasteiger partial charge in [-0.3, -0.25) is 0 Å². The van der Waals surface area contributed by atoms with E-state index < -0.39 is 5.97 Å². The Morgan fingerprint density at radius 2 is 1.69 bits per heavy atom. The maximum atomic E-state index is 11.2. The molecule has 0 fully saturated rings. The molecule has 3 aromatic carbocycles. The molecule has 0 saturated carbocycles. The number of carboxylic acids is 1. The molecule has 0 saturated heterocycles. The van der Waals surface area contributed by atoms with Gasteiger partial charge < -0.3 is 15.2 Å². The number of carboxylic acid groups (broad SMARTS) is 1. The average molecular weight is 451 g/mol. The number of anilines is 1. The number of hydrogen-bond acceptors (Lipinski definition) is 3. The molecule has 150 valence electrons. The Morgan fingerprint density at radius 3 is 2.41 bits per heavy atom. The highest BCUT2D eigenvalue weighted by atomic mass is 35.5. The SMILES string of the molecule is Cc1ccc(C(=O)O)cc1NCc1cc(Cl)ccc1OCc1ccc(Cl)cc1Cl. The van der Waals surface area contributed by atoms with Crippen LogP contribution in [0.3, 0.4) is 0 Å². The number of aryl methyl sites for hydroxylation is 1. The Bertz CT molecular complexity index is 1050. The van der Waals surface area contributed by atoms with Gasteiger partial charge in [-0.15, -0.1) is 0 Å². The number of carbonyl (C=O) groups is 1. The maximum absolute atomic E-state index is 11.2. The number of aromatic carboxylic acids is 1. The minimum absolute atomic E-state index is 0.220. The number of hydrogen-bond donors (Lipinski definition) is 2. The zero-order valence-corrected chi connectivity index (χ0v) is 17.8. The zero-order valence-electron chi connectivity index (χ0n) is 15.5. The van der Waals surface area contributed by atoms with Gasteiger partial charge in [0, 0.05) is 38.4 Å². The quantitative estimate of drug-likeness (QED) is 0.413. The Labute approximate surface area is 184 Å². The number of nitrogens with one attached hydrogen (secondary N) is 1. The summed E-state index contributed by atoms with van der Waals surface area (Å²) in [5.74, 6) is -0.320. The molecule has 29 heavy (non-hydrogen) atoms. The highest BCUT2D eigenvalue weighted by Crippen LogP contribution is 2.28. The fourth-order valence-electron chi connectivity index (χ4n) is 2.76. The first-order valence-electron chi connectivity index (χ1n) is 8.76. The van der Waals surface area contributed by atoms with Gasteiger partial charge in [-0.1, -0.05) is 46.9 Å². The fourth-order valence-corrected chi connectivity index (χ4v) is 3.41. The topological polar surface area (TPSA) is 58.6 Å². The first-order valence-corrected chi connectivity index (χ1v) is 9.90. The molecule has 3 rings (SSSR count). The van der Waals surface area contributed by atoms with Crippen LogP contribution in [-0.4, -0.2) is 11.1 Å². The molecule has 0 aliphatic carbocycles. The van der Waals surface area contributed by atoms with Crippen LogP contribution in [0.5, 0.6) is 5.75 Å². The van der Waals surface area contributed by atoms with Crippen molar-refractivity contribution in [3.05, 3.63) is 91.9 Å². The summed E-state index contributed by atoms with van der Waals surface area (Å²) in [6.45, 7) is 2.60. The van der Waals surface area contributed by atoms with Crippen LogP contribution in [0.25, 0.3) is 0 Å². The lowest BCUT2D eigenvalue weighted by atomic mass is 10.1. The molecule has 4 nitrogen and oxygen atoms in total. The van der Waals surface area contributed by atoms with Gasteiger partial charge in [-0.2, -0.15) is 0 Å². The Kier molecular flexibility index (Phi) is 6.91. The van der Waals surface area contributed by atoms with Gasteiger partial charge in [0.05, 0.1) is 5.56 Å². The standard InChI is InChI=1S/C22H18Cl3NO3/c1-13-2-3-14(22(27)28)9-20(13)26-11-16-8-17(23)6-7-21(16)29-12-15-4-5-18(24)10-19(15)25/h2-10,26H,11-12H2,1H3,(H,27,28). The van der Waals surface area contributed by atoms with E-state index in [4.69, 9.17) is 39.5 Å². The summed E-state index contributed by atoms with van der Waals surface area (Å²) >= 11 is 18.3. The van der Waals surface area contributed by atoms with Crippen molar-refractivity contribution in [1.29, 1.82) is 0 Å². The van der Waals surface area contributed by atoms with Gasteiger partial charge in [-0.05, 0) is 55.0 Å². The lowest BCUT2D eigenvalue weighted by molar-refractivity contribution is 0.0697. The monoisotopic (exact) mass is 449 g/mol. The van der Waals surface area contributed by atoms with Gasteiger partial charge >= 0.3 is 5.97 Å². The van der Waals surface area contributed by atoms with Gasteiger partial charge in [0.25, 0.3) is 0 Å². The summed E-state index contributed by atoms with van der Waals surface area (Å²) in [5, 5.41) is 14.1. The molecule has 0 aliphatic heterocycles. The fraction of sp³-hybridized carbons (Fsp3) is 0.136. The largest absolute Gasteiger partial charge is 0.488 e. The van der Waals surface area contributed by atoms with Gasteiger partial charge in [-0.25, -0.2) is 4.79 Å². The van der Waals surface area contributed by atoms with Crippen LogP contribution in [0.4, 0.5) is 5.69 Å². The summed E-state index contributed by atoms with van der Waals surface area (Å²) in [6, 6.07) is 15.6. The summed E-state index contributed by atoms with van der Waals surface area (Å²) in [6.07, 6.45) is 0. The highest BCUT2D eigenvalue weighted by molar-refractivity contribution is 6.35. The van der Waals surface area contributed by atoms with Crippen LogP contribution in [0.2, 0.25) is 15.1 Å². The molecule has 0 unspecified atom stereocenters. The lowest BCUT2D eigenvalue weighted by Crippen LogP contribution is -2.06. The second-order valence-electron chi connectivity index (χ2n) is 6.46. The van der Waals surface area contributed by atoms with Crippen LogP contribution < -0.4 is 10.1 Å². The smallest absolute Gasteiger partial charge is 0.335 e. The highest BCUT2D eigenvalue weighted by Gasteiger charge is 2.10. The molecule has 3 aromatic rings. The molecule has 0 bridgehead atoms. The van der Waals surface area contributed by atoms with Crippen molar-refractivity contribution < 1.29 is 14.6 Å². The van der Waals surface area contributed by atoms with E-state index in [1.54, 1.807) is 42.5 Å². The van der Waals surface area contributed by atoms with Gasteiger partial charge in [0.1, 0.15) is 12.4 Å². The van der Waals surface area contributed by atoms with Crippen LogP contribution in [0.15, 0.2) is 54.6 Å². The summed E-state index contributed by atoms with van der Waals surface area (Å²) in [5.41, 5.74) is 3.54. The molecule has 7 heteroatoms. The van der Waals surface area contributed by atoms with Crippen molar-refractivity contribution >= 4 is 46.5 Å².